The van der Waals surface area contributed by atoms with Crippen molar-refractivity contribution in [2.45, 2.75) is 26.3 Å². The highest BCUT2D eigenvalue weighted by Crippen LogP contribution is 2.25. The largest absolute Gasteiger partial charge is 0.441 e. The Morgan fingerprint density at radius 3 is 3.11 bits per heavy atom. The van der Waals surface area contributed by atoms with E-state index >= 15 is 0 Å². The molecule has 1 unspecified atom stereocenters. The van der Waals surface area contributed by atoms with Gasteiger partial charge in [-0.2, -0.15) is 0 Å². The Bertz CT molecular complexity index is 556. The van der Waals surface area contributed by atoms with Gasteiger partial charge in [0.2, 0.25) is 0 Å². The van der Waals surface area contributed by atoms with Crippen LogP contribution in [0.4, 0.5) is 0 Å². The van der Waals surface area contributed by atoms with E-state index in [-0.39, 0.29) is 0 Å². The maximum absolute atomic E-state index is 5.53. The molecule has 0 spiro atoms. The predicted molar refractivity (Wildman–Crippen MR) is 76.2 cm³/mol. The molecule has 0 amide bonds. The summed E-state index contributed by atoms with van der Waals surface area (Å²) in [7, 11) is 0. The minimum Gasteiger partial charge on any atom is -0.441 e. The monoisotopic (exact) mass is 259 g/mol. The zero-order chi connectivity index (χ0) is 13.2. The first-order chi connectivity index (χ1) is 9.24. The normalized spacial score (nSPS) is 19.5. The molecule has 2 heterocycles. The molecule has 4 nitrogen and oxygen atoms in total. The van der Waals surface area contributed by atoms with Gasteiger partial charge in [-0.3, -0.25) is 4.90 Å². The van der Waals surface area contributed by atoms with Crippen molar-refractivity contribution in [3.63, 3.8) is 0 Å². The molecule has 3 rings (SSSR count). The molecule has 0 radical (unpaired) electrons. The lowest BCUT2D eigenvalue weighted by atomic mass is 10.1. The van der Waals surface area contributed by atoms with E-state index in [0.29, 0.717) is 6.04 Å². The molecule has 1 aliphatic rings. The molecule has 1 aromatic heterocycles. The van der Waals surface area contributed by atoms with Gasteiger partial charge >= 0.3 is 0 Å². The highest BCUT2D eigenvalue weighted by Gasteiger charge is 2.17. The Morgan fingerprint density at radius 1 is 1.32 bits per heavy atom. The van der Waals surface area contributed by atoms with Gasteiger partial charge < -0.3 is 9.73 Å². The van der Waals surface area contributed by atoms with Gasteiger partial charge in [0.25, 0.3) is 0 Å². The third-order valence-electron chi connectivity index (χ3n) is 3.92. The minimum absolute atomic E-state index is 0.432. The second kappa shape index (κ2) is 5.31. The summed E-state index contributed by atoms with van der Waals surface area (Å²) in [6.45, 7) is 8.64. The number of hydrogen-bond donors (Lipinski definition) is 1. The number of fused-ring (bicyclic) bond motifs is 1. The smallest absolute Gasteiger partial charge is 0.192 e. The Morgan fingerprint density at radius 2 is 2.21 bits per heavy atom. The maximum Gasteiger partial charge on any atom is 0.192 e. The van der Waals surface area contributed by atoms with E-state index < -0.39 is 0 Å². The Hall–Kier alpha value is -1.39. The lowest BCUT2D eigenvalue weighted by Crippen LogP contribution is -2.30. The Kier molecular flexibility index (Phi) is 3.53. The topological polar surface area (TPSA) is 41.3 Å². The molecular formula is C15H21N3O. The molecule has 0 bridgehead atoms. The number of rotatable bonds is 2. The van der Waals surface area contributed by atoms with Gasteiger partial charge in [0.05, 0.1) is 0 Å². The van der Waals surface area contributed by atoms with Crippen LogP contribution in [0.3, 0.4) is 0 Å². The van der Waals surface area contributed by atoms with E-state index in [4.69, 9.17) is 4.42 Å². The van der Waals surface area contributed by atoms with Crippen LogP contribution in [0, 0.1) is 6.92 Å². The molecule has 1 aliphatic heterocycles. The molecular weight excluding hydrogens is 238 g/mol. The lowest BCUT2D eigenvalue weighted by Gasteiger charge is -2.27. The second-order valence-corrected chi connectivity index (χ2v) is 5.28. The van der Waals surface area contributed by atoms with Crippen LogP contribution in [0.25, 0.3) is 11.1 Å². The summed E-state index contributed by atoms with van der Waals surface area (Å²) in [5.41, 5.74) is 3.17. The standard InChI is InChI=1S/C15H21N3O/c1-11(18-8-3-6-16-7-9-18)13-4-5-15-14(10-13)17-12(2)19-15/h4-5,10-11,16H,3,6-9H2,1-2H3. The van der Waals surface area contributed by atoms with Crippen LogP contribution in [0.15, 0.2) is 22.6 Å². The molecule has 0 saturated carbocycles. The number of aryl methyl sites for hydroxylation is 1. The molecule has 1 atom stereocenters. The van der Waals surface area contributed by atoms with Crippen molar-refractivity contribution in [1.82, 2.24) is 15.2 Å². The number of aromatic nitrogens is 1. The third-order valence-corrected chi connectivity index (χ3v) is 3.92. The molecule has 1 N–H and O–H groups in total. The average Bonchev–Trinajstić information content (AvgIpc) is 2.63. The van der Waals surface area contributed by atoms with Crippen molar-refractivity contribution in [3.8, 4) is 0 Å². The van der Waals surface area contributed by atoms with Crippen LogP contribution in [0.2, 0.25) is 0 Å². The van der Waals surface area contributed by atoms with Gasteiger partial charge in [-0.15, -0.1) is 0 Å². The van der Waals surface area contributed by atoms with Crippen LogP contribution in [-0.2, 0) is 0 Å². The van der Waals surface area contributed by atoms with Gasteiger partial charge in [-0.1, -0.05) is 6.07 Å². The van der Waals surface area contributed by atoms with E-state index in [0.717, 1.165) is 43.2 Å². The lowest BCUT2D eigenvalue weighted by molar-refractivity contribution is 0.225. The number of nitrogens with one attached hydrogen (secondary N) is 1. The van der Waals surface area contributed by atoms with Crippen molar-refractivity contribution in [2.75, 3.05) is 26.2 Å². The van der Waals surface area contributed by atoms with E-state index in [1.165, 1.54) is 12.0 Å². The second-order valence-electron chi connectivity index (χ2n) is 5.28. The van der Waals surface area contributed by atoms with Crippen LogP contribution in [-0.4, -0.2) is 36.1 Å². The van der Waals surface area contributed by atoms with Crippen LogP contribution in [0.5, 0.6) is 0 Å². The zero-order valence-electron chi connectivity index (χ0n) is 11.6. The average molecular weight is 259 g/mol. The van der Waals surface area contributed by atoms with Crippen molar-refractivity contribution < 1.29 is 4.42 Å². The van der Waals surface area contributed by atoms with Crippen molar-refractivity contribution in [3.05, 3.63) is 29.7 Å². The Labute approximate surface area is 113 Å². The molecule has 102 valence electrons. The van der Waals surface area contributed by atoms with Crippen molar-refractivity contribution >= 4 is 11.1 Å². The molecule has 0 aliphatic carbocycles. The quantitative estimate of drug-likeness (QED) is 0.899. The number of oxazole rings is 1. The number of hydrogen-bond acceptors (Lipinski definition) is 4. The minimum atomic E-state index is 0.432. The molecule has 1 saturated heterocycles. The summed E-state index contributed by atoms with van der Waals surface area (Å²) in [6, 6.07) is 6.79. The molecule has 1 aromatic carbocycles. The predicted octanol–water partition coefficient (Wildman–Crippen LogP) is 2.49. The van der Waals surface area contributed by atoms with Crippen LogP contribution < -0.4 is 5.32 Å². The van der Waals surface area contributed by atoms with Crippen LogP contribution in [0.1, 0.15) is 30.8 Å². The number of benzene rings is 1. The third kappa shape index (κ3) is 2.65. The van der Waals surface area contributed by atoms with Gasteiger partial charge in [0, 0.05) is 26.1 Å². The van der Waals surface area contributed by atoms with E-state index in [1.54, 1.807) is 0 Å². The molecule has 2 aromatic rings. The van der Waals surface area contributed by atoms with Crippen LogP contribution >= 0.6 is 0 Å². The SMILES string of the molecule is Cc1nc2cc(C(C)N3CCCNCC3)ccc2o1. The maximum atomic E-state index is 5.53. The van der Waals surface area contributed by atoms with Crippen molar-refractivity contribution in [2.24, 2.45) is 0 Å². The first-order valence-electron chi connectivity index (χ1n) is 7.06. The first-order valence-corrected chi connectivity index (χ1v) is 7.06. The van der Waals surface area contributed by atoms with E-state index in [2.05, 4.69) is 34.3 Å². The summed E-state index contributed by atoms with van der Waals surface area (Å²) in [5, 5.41) is 3.45. The fraction of sp³-hybridized carbons (Fsp3) is 0.533. The summed E-state index contributed by atoms with van der Waals surface area (Å²) >= 11 is 0. The highest BCUT2D eigenvalue weighted by atomic mass is 16.3. The molecule has 4 heteroatoms. The highest BCUT2D eigenvalue weighted by molar-refractivity contribution is 5.73. The molecule has 1 fully saturated rings. The van der Waals surface area contributed by atoms with E-state index in [9.17, 15) is 0 Å². The fourth-order valence-corrected chi connectivity index (χ4v) is 2.78. The van der Waals surface area contributed by atoms with Gasteiger partial charge in [-0.25, -0.2) is 4.98 Å². The zero-order valence-corrected chi connectivity index (χ0v) is 11.6. The summed E-state index contributed by atoms with van der Waals surface area (Å²) in [5.74, 6) is 0.735. The van der Waals surface area contributed by atoms with Gasteiger partial charge in [0.15, 0.2) is 11.5 Å². The fourth-order valence-electron chi connectivity index (χ4n) is 2.78. The molecule has 19 heavy (non-hydrogen) atoms. The first kappa shape index (κ1) is 12.6. The Balaban J connectivity index is 1.85. The van der Waals surface area contributed by atoms with Gasteiger partial charge in [0.1, 0.15) is 5.52 Å². The number of nitrogens with zero attached hydrogens (tertiary/aromatic N) is 2. The summed E-state index contributed by atoms with van der Waals surface area (Å²) in [4.78, 5) is 6.96. The van der Waals surface area contributed by atoms with E-state index in [1.807, 2.05) is 13.0 Å². The van der Waals surface area contributed by atoms with Gasteiger partial charge in [-0.05, 0) is 44.1 Å². The summed E-state index contributed by atoms with van der Waals surface area (Å²) < 4.78 is 5.53. The van der Waals surface area contributed by atoms with Crippen molar-refractivity contribution in [1.29, 1.82) is 0 Å². The summed E-state index contributed by atoms with van der Waals surface area (Å²) in [6.07, 6.45) is 1.22.